The van der Waals surface area contributed by atoms with E-state index in [2.05, 4.69) is 10.1 Å². The van der Waals surface area contributed by atoms with Crippen molar-refractivity contribution in [3.63, 3.8) is 0 Å². The molecule has 112 valence electrons. The summed E-state index contributed by atoms with van der Waals surface area (Å²) in [6.07, 6.45) is 0. The minimum absolute atomic E-state index is 0.0601. The summed E-state index contributed by atoms with van der Waals surface area (Å²) in [6, 6.07) is 6.46. The topological polar surface area (TPSA) is 91.3 Å². The smallest absolute Gasteiger partial charge is 0.272 e. The van der Waals surface area contributed by atoms with E-state index >= 15 is 0 Å². The van der Waals surface area contributed by atoms with Crippen LogP contribution >= 0.6 is 11.3 Å². The Kier molecular flexibility index (Phi) is 3.84. The van der Waals surface area contributed by atoms with Gasteiger partial charge < -0.3 is 9.26 Å². The Labute approximate surface area is 129 Å². The van der Waals surface area contributed by atoms with E-state index in [1.54, 1.807) is 30.4 Å². The van der Waals surface area contributed by atoms with Crippen LogP contribution in [0.1, 0.15) is 11.5 Å². The number of aromatic nitrogens is 2. The largest absolute Gasteiger partial charge is 0.484 e. The number of thiophene rings is 1. The zero-order chi connectivity index (χ0) is 15.5. The summed E-state index contributed by atoms with van der Waals surface area (Å²) < 4.78 is 10.6. The Morgan fingerprint density at radius 2 is 2.27 bits per heavy atom. The van der Waals surface area contributed by atoms with Crippen LogP contribution in [0.5, 0.6) is 5.75 Å². The van der Waals surface area contributed by atoms with Crippen LogP contribution in [0.4, 0.5) is 5.69 Å². The maximum atomic E-state index is 10.8. The summed E-state index contributed by atoms with van der Waals surface area (Å²) in [5, 5.41) is 18.5. The Bertz CT molecular complexity index is 798. The standard InChI is InChI=1S/C14H11N3O4S/c1-9-6-11(2-3-12(9)17(18)19)20-7-13-15-14(16-21-13)10-4-5-22-8-10/h2-6,8H,7H2,1H3. The first kappa shape index (κ1) is 14.2. The number of hydrogen-bond acceptors (Lipinski definition) is 7. The van der Waals surface area contributed by atoms with E-state index in [-0.39, 0.29) is 12.3 Å². The van der Waals surface area contributed by atoms with Gasteiger partial charge in [-0.05, 0) is 30.5 Å². The van der Waals surface area contributed by atoms with Gasteiger partial charge in [-0.25, -0.2) is 0 Å². The van der Waals surface area contributed by atoms with E-state index in [4.69, 9.17) is 9.26 Å². The maximum absolute atomic E-state index is 10.8. The van der Waals surface area contributed by atoms with Gasteiger partial charge in [0.2, 0.25) is 5.82 Å². The van der Waals surface area contributed by atoms with Crippen LogP contribution in [-0.2, 0) is 6.61 Å². The van der Waals surface area contributed by atoms with Gasteiger partial charge in [-0.3, -0.25) is 10.1 Å². The highest BCUT2D eigenvalue weighted by molar-refractivity contribution is 7.08. The molecule has 3 aromatic rings. The van der Waals surface area contributed by atoms with Gasteiger partial charge in [0, 0.05) is 22.6 Å². The molecule has 0 N–H and O–H groups in total. The second-order valence-corrected chi connectivity index (χ2v) is 5.30. The zero-order valence-electron chi connectivity index (χ0n) is 11.6. The second kappa shape index (κ2) is 5.94. The third kappa shape index (κ3) is 2.96. The number of nitro groups is 1. The predicted molar refractivity (Wildman–Crippen MR) is 79.8 cm³/mol. The fourth-order valence-corrected chi connectivity index (χ4v) is 2.52. The van der Waals surface area contributed by atoms with Crippen molar-refractivity contribution in [1.29, 1.82) is 0 Å². The van der Waals surface area contributed by atoms with Crippen molar-refractivity contribution in [3.8, 4) is 17.1 Å². The first-order valence-electron chi connectivity index (χ1n) is 6.36. The van der Waals surface area contributed by atoms with Gasteiger partial charge in [-0.1, -0.05) is 5.16 Å². The molecule has 0 radical (unpaired) electrons. The molecule has 0 aliphatic heterocycles. The number of hydrogen-bond donors (Lipinski definition) is 0. The van der Waals surface area contributed by atoms with E-state index in [1.807, 2.05) is 16.8 Å². The number of nitrogens with zero attached hydrogens (tertiary/aromatic N) is 3. The van der Waals surface area contributed by atoms with Crippen LogP contribution in [0.15, 0.2) is 39.5 Å². The predicted octanol–water partition coefficient (Wildman–Crippen LogP) is 3.59. The number of aryl methyl sites for hydroxylation is 1. The first-order valence-corrected chi connectivity index (χ1v) is 7.31. The maximum Gasteiger partial charge on any atom is 0.272 e. The molecule has 0 aliphatic rings. The average molecular weight is 317 g/mol. The molecule has 0 saturated heterocycles. The minimum Gasteiger partial charge on any atom is -0.484 e. The van der Waals surface area contributed by atoms with Crippen molar-refractivity contribution in [1.82, 2.24) is 10.1 Å². The molecule has 0 aliphatic carbocycles. The van der Waals surface area contributed by atoms with Gasteiger partial charge in [-0.2, -0.15) is 16.3 Å². The monoisotopic (exact) mass is 317 g/mol. The van der Waals surface area contributed by atoms with Gasteiger partial charge in [0.1, 0.15) is 5.75 Å². The fourth-order valence-electron chi connectivity index (χ4n) is 1.89. The van der Waals surface area contributed by atoms with Crippen LogP contribution in [-0.4, -0.2) is 15.1 Å². The zero-order valence-corrected chi connectivity index (χ0v) is 12.4. The molecule has 7 nitrogen and oxygen atoms in total. The molecule has 22 heavy (non-hydrogen) atoms. The highest BCUT2D eigenvalue weighted by Crippen LogP contribution is 2.24. The van der Waals surface area contributed by atoms with Crippen molar-refractivity contribution < 1.29 is 14.2 Å². The van der Waals surface area contributed by atoms with Gasteiger partial charge in [0.15, 0.2) is 6.61 Å². The molecule has 0 unspecified atom stereocenters. The van der Waals surface area contributed by atoms with Gasteiger partial charge >= 0.3 is 0 Å². The van der Waals surface area contributed by atoms with E-state index in [1.165, 1.54) is 6.07 Å². The molecule has 1 aromatic carbocycles. The van der Waals surface area contributed by atoms with Crippen molar-refractivity contribution in [2.45, 2.75) is 13.5 Å². The molecule has 0 fully saturated rings. The second-order valence-electron chi connectivity index (χ2n) is 4.52. The van der Waals surface area contributed by atoms with Crippen molar-refractivity contribution in [2.75, 3.05) is 0 Å². The summed E-state index contributed by atoms with van der Waals surface area (Å²) in [5.41, 5.74) is 1.49. The van der Waals surface area contributed by atoms with Gasteiger partial charge in [0.05, 0.1) is 4.92 Å². The molecule has 2 heterocycles. The van der Waals surface area contributed by atoms with Crippen LogP contribution in [0.3, 0.4) is 0 Å². The number of rotatable bonds is 5. The fraction of sp³-hybridized carbons (Fsp3) is 0.143. The molecule has 0 saturated carbocycles. The number of ether oxygens (including phenoxy) is 1. The van der Waals surface area contributed by atoms with Crippen LogP contribution in [0.2, 0.25) is 0 Å². The lowest BCUT2D eigenvalue weighted by Crippen LogP contribution is -1.97. The molecule has 3 rings (SSSR count). The quantitative estimate of drug-likeness (QED) is 0.527. The number of nitro benzene ring substituents is 1. The summed E-state index contributed by atoms with van der Waals surface area (Å²) in [6.45, 7) is 1.76. The molecule has 0 spiro atoms. The Hall–Kier alpha value is -2.74. The van der Waals surface area contributed by atoms with Crippen molar-refractivity contribution >= 4 is 17.0 Å². The molecule has 0 amide bonds. The SMILES string of the molecule is Cc1cc(OCc2nc(-c3ccsc3)no2)ccc1[N+](=O)[O-]. The van der Waals surface area contributed by atoms with Crippen LogP contribution in [0, 0.1) is 17.0 Å². The van der Waals surface area contributed by atoms with E-state index in [9.17, 15) is 10.1 Å². The van der Waals surface area contributed by atoms with Crippen LogP contribution < -0.4 is 4.74 Å². The lowest BCUT2D eigenvalue weighted by Gasteiger charge is -2.04. The Morgan fingerprint density at radius 1 is 1.41 bits per heavy atom. The van der Waals surface area contributed by atoms with E-state index < -0.39 is 4.92 Å². The van der Waals surface area contributed by atoms with Crippen LogP contribution in [0.25, 0.3) is 11.4 Å². The third-order valence-corrected chi connectivity index (χ3v) is 3.66. The van der Waals surface area contributed by atoms with Crippen molar-refractivity contribution in [2.24, 2.45) is 0 Å². The molecule has 0 atom stereocenters. The molecular formula is C14H11N3O4S. The summed E-state index contributed by atoms with van der Waals surface area (Å²) in [5.74, 6) is 1.37. The molecule has 0 bridgehead atoms. The number of benzene rings is 1. The van der Waals surface area contributed by atoms with E-state index in [0.29, 0.717) is 23.0 Å². The average Bonchev–Trinajstić information content (AvgIpc) is 3.16. The van der Waals surface area contributed by atoms with E-state index in [0.717, 1.165) is 5.56 Å². The lowest BCUT2D eigenvalue weighted by molar-refractivity contribution is -0.385. The minimum atomic E-state index is -0.426. The summed E-state index contributed by atoms with van der Waals surface area (Å²) in [4.78, 5) is 14.6. The normalized spacial score (nSPS) is 10.6. The van der Waals surface area contributed by atoms with Gasteiger partial charge in [-0.15, -0.1) is 0 Å². The summed E-state index contributed by atoms with van der Waals surface area (Å²) >= 11 is 1.55. The lowest BCUT2D eigenvalue weighted by atomic mass is 10.2. The molecule has 2 aromatic heterocycles. The van der Waals surface area contributed by atoms with Gasteiger partial charge in [0.25, 0.3) is 11.6 Å². The molecule has 8 heteroatoms. The highest BCUT2D eigenvalue weighted by atomic mass is 32.1. The Morgan fingerprint density at radius 3 is 2.95 bits per heavy atom. The highest BCUT2D eigenvalue weighted by Gasteiger charge is 2.12. The third-order valence-electron chi connectivity index (χ3n) is 2.97. The molecular weight excluding hydrogens is 306 g/mol. The summed E-state index contributed by atoms with van der Waals surface area (Å²) in [7, 11) is 0. The first-order chi connectivity index (χ1) is 10.6. The van der Waals surface area contributed by atoms with Crippen molar-refractivity contribution in [3.05, 3.63) is 56.6 Å². The Balaban J connectivity index is 1.68.